The topological polar surface area (TPSA) is 61.6 Å². The number of urea groups is 1. The molecule has 146 valence electrons. The number of nitrogens with one attached hydrogen (secondary N) is 1. The minimum atomic E-state index is -4.48. The van der Waals surface area contributed by atoms with Crippen LogP contribution in [-0.2, 0) is 12.7 Å². The van der Waals surface area contributed by atoms with Gasteiger partial charge < -0.3 is 19.6 Å². The Hall–Kier alpha value is -2.71. The Morgan fingerprint density at radius 1 is 1.30 bits per heavy atom. The maximum absolute atomic E-state index is 13.1. The molecule has 1 aliphatic heterocycles. The van der Waals surface area contributed by atoms with Gasteiger partial charge in [0.05, 0.1) is 23.5 Å². The molecule has 0 saturated carbocycles. The van der Waals surface area contributed by atoms with E-state index in [-0.39, 0.29) is 12.2 Å². The molecule has 2 aromatic rings. The maximum atomic E-state index is 13.1. The maximum Gasteiger partial charge on any atom is 0.416 e. The molecular weight excluding hydrogens is 361 g/mol. The van der Waals surface area contributed by atoms with Crippen molar-refractivity contribution in [2.45, 2.75) is 32.5 Å². The van der Waals surface area contributed by atoms with Gasteiger partial charge in [0.1, 0.15) is 11.5 Å². The van der Waals surface area contributed by atoms with Gasteiger partial charge >= 0.3 is 12.2 Å². The molecule has 1 aromatic carbocycles. The number of anilines is 2. The highest BCUT2D eigenvalue weighted by atomic mass is 19.4. The Morgan fingerprint density at radius 3 is 2.59 bits per heavy atom. The fourth-order valence-electron chi connectivity index (χ4n) is 3.06. The van der Waals surface area contributed by atoms with Gasteiger partial charge in [-0.05, 0) is 38.0 Å². The predicted octanol–water partition coefficient (Wildman–Crippen LogP) is 4.27. The van der Waals surface area contributed by atoms with Gasteiger partial charge in [-0.25, -0.2) is 4.79 Å². The average molecular weight is 382 g/mol. The lowest BCUT2D eigenvalue weighted by Crippen LogP contribution is -2.32. The monoisotopic (exact) mass is 382 g/mol. The van der Waals surface area contributed by atoms with Gasteiger partial charge in [0.2, 0.25) is 0 Å². The number of rotatable bonds is 4. The van der Waals surface area contributed by atoms with Gasteiger partial charge in [0.15, 0.2) is 0 Å². The largest absolute Gasteiger partial charge is 0.416 e. The minimum absolute atomic E-state index is 0.153. The first-order valence-electron chi connectivity index (χ1n) is 8.64. The van der Waals surface area contributed by atoms with Gasteiger partial charge in [-0.3, -0.25) is 0 Å². The van der Waals surface area contributed by atoms with E-state index >= 15 is 0 Å². The lowest BCUT2D eigenvalue weighted by atomic mass is 10.1. The fourth-order valence-corrected chi connectivity index (χ4v) is 3.06. The van der Waals surface area contributed by atoms with Gasteiger partial charge in [-0.2, -0.15) is 13.2 Å². The normalized spacial score (nSPS) is 14.5. The Kier molecular flexibility index (Phi) is 5.29. The first-order valence-corrected chi connectivity index (χ1v) is 8.64. The van der Waals surface area contributed by atoms with Crippen molar-refractivity contribution in [2.24, 2.45) is 0 Å². The van der Waals surface area contributed by atoms with Crippen LogP contribution in [0.3, 0.4) is 0 Å². The summed E-state index contributed by atoms with van der Waals surface area (Å²) in [7, 11) is 1.54. The zero-order valence-corrected chi connectivity index (χ0v) is 15.1. The molecule has 1 N–H and O–H groups in total. The van der Waals surface area contributed by atoms with Crippen molar-refractivity contribution < 1.29 is 22.5 Å². The standard InChI is InChI=1S/C18H21F3N4O2/c1-12-9-14(23-27-12)11-24(2)17(26)22-15-10-13(18(19,20)21)5-6-16(15)25-7-3-4-8-25/h5-6,9-10H,3-4,7-8,11H2,1-2H3,(H,22,26). The summed E-state index contributed by atoms with van der Waals surface area (Å²) < 4.78 is 44.3. The van der Waals surface area contributed by atoms with Crippen LogP contribution in [0.25, 0.3) is 0 Å². The summed E-state index contributed by atoms with van der Waals surface area (Å²) in [5, 5.41) is 6.43. The van der Waals surface area contributed by atoms with E-state index in [2.05, 4.69) is 10.5 Å². The van der Waals surface area contributed by atoms with Crippen molar-refractivity contribution in [2.75, 3.05) is 30.4 Å². The lowest BCUT2D eigenvalue weighted by molar-refractivity contribution is -0.137. The number of aryl methyl sites for hydroxylation is 1. The smallest absolute Gasteiger partial charge is 0.370 e. The van der Waals surface area contributed by atoms with Crippen LogP contribution in [0, 0.1) is 6.92 Å². The van der Waals surface area contributed by atoms with Gasteiger partial charge in [-0.1, -0.05) is 5.16 Å². The second-order valence-electron chi connectivity index (χ2n) is 6.64. The quantitative estimate of drug-likeness (QED) is 0.858. The Morgan fingerprint density at radius 2 is 2.00 bits per heavy atom. The zero-order chi connectivity index (χ0) is 19.6. The molecule has 0 radical (unpaired) electrons. The van der Waals surface area contributed by atoms with E-state index in [1.165, 1.54) is 11.0 Å². The van der Waals surface area contributed by atoms with Crippen LogP contribution in [-0.4, -0.2) is 36.2 Å². The molecule has 0 aliphatic carbocycles. The highest BCUT2D eigenvalue weighted by Crippen LogP contribution is 2.36. The number of alkyl halides is 3. The third-order valence-corrected chi connectivity index (χ3v) is 4.43. The van der Waals surface area contributed by atoms with E-state index in [9.17, 15) is 18.0 Å². The molecule has 2 amide bonds. The molecule has 0 spiro atoms. The Bertz CT molecular complexity index is 813. The summed E-state index contributed by atoms with van der Waals surface area (Å²) in [5.74, 6) is 0.619. The molecule has 9 heteroatoms. The third-order valence-electron chi connectivity index (χ3n) is 4.43. The van der Waals surface area contributed by atoms with Crippen LogP contribution in [0.4, 0.5) is 29.3 Å². The summed E-state index contributed by atoms with van der Waals surface area (Å²) in [6.07, 6.45) is -2.53. The third kappa shape index (κ3) is 4.53. The Labute approximate surface area is 154 Å². The van der Waals surface area contributed by atoms with Crippen molar-refractivity contribution in [3.63, 3.8) is 0 Å². The fraction of sp³-hybridized carbons (Fsp3) is 0.444. The van der Waals surface area contributed by atoms with Crippen molar-refractivity contribution in [1.29, 1.82) is 0 Å². The summed E-state index contributed by atoms with van der Waals surface area (Å²) in [6, 6.07) is 4.63. The van der Waals surface area contributed by atoms with E-state index in [4.69, 9.17) is 4.52 Å². The molecule has 3 rings (SSSR count). The predicted molar refractivity (Wildman–Crippen MR) is 94.6 cm³/mol. The van der Waals surface area contributed by atoms with E-state index in [1.54, 1.807) is 20.0 Å². The molecule has 0 bridgehead atoms. The average Bonchev–Trinajstić information content (AvgIpc) is 3.26. The lowest BCUT2D eigenvalue weighted by Gasteiger charge is -2.24. The van der Waals surface area contributed by atoms with E-state index < -0.39 is 17.8 Å². The minimum Gasteiger partial charge on any atom is -0.370 e. The second kappa shape index (κ2) is 7.50. The summed E-state index contributed by atoms with van der Waals surface area (Å²) >= 11 is 0. The molecule has 2 heterocycles. The van der Waals surface area contributed by atoms with Crippen LogP contribution in [0.2, 0.25) is 0 Å². The first kappa shape index (κ1) is 19.1. The highest BCUT2D eigenvalue weighted by Gasteiger charge is 2.32. The van der Waals surface area contributed by atoms with Gasteiger partial charge in [0, 0.05) is 26.2 Å². The number of hydrogen-bond donors (Lipinski definition) is 1. The summed E-state index contributed by atoms with van der Waals surface area (Å²) in [6.45, 7) is 3.42. The molecule has 1 fully saturated rings. The van der Waals surface area contributed by atoms with E-state index in [0.717, 1.165) is 38.1 Å². The van der Waals surface area contributed by atoms with Crippen LogP contribution in [0.15, 0.2) is 28.8 Å². The number of aromatic nitrogens is 1. The van der Waals surface area contributed by atoms with Crippen LogP contribution in [0.1, 0.15) is 29.9 Å². The molecular formula is C18H21F3N4O2. The number of benzene rings is 1. The highest BCUT2D eigenvalue weighted by molar-refractivity contribution is 5.93. The van der Waals surface area contributed by atoms with Crippen molar-refractivity contribution in [3.8, 4) is 0 Å². The van der Waals surface area contributed by atoms with Gasteiger partial charge in [0.25, 0.3) is 0 Å². The number of carbonyl (C=O) groups excluding carboxylic acids is 1. The molecule has 1 saturated heterocycles. The molecule has 0 unspecified atom stereocenters. The van der Waals surface area contributed by atoms with Crippen LogP contribution < -0.4 is 10.2 Å². The second-order valence-corrected chi connectivity index (χ2v) is 6.64. The van der Waals surface area contributed by atoms with E-state index in [1.807, 2.05) is 4.90 Å². The Balaban J connectivity index is 1.81. The molecule has 6 nitrogen and oxygen atoms in total. The van der Waals surface area contributed by atoms with Crippen LogP contribution in [0.5, 0.6) is 0 Å². The van der Waals surface area contributed by atoms with Gasteiger partial charge in [-0.15, -0.1) is 0 Å². The molecule has 0 atom stereocenters. The molecule has 1 aliphatic rings. The summed E-state index contributed by atoms with van der Waals surface area (Å²) in [5.41, 5.74) is 0.518. The molecule has 27 heavy (non-hydrogen) atoms. The van der Waals surface area contributed by atoms with Crippen molar-refractivity contribution in [1.82, 2.24) is 10.1 Å². The number of hydrogen-bond acceptors (Lipinski definition) is 4. The SMILES string of the molecule is Cc1cc(CN(C)C(=O)Nc2cc(C(F)(F)F)ccc2N2CCCC2)no1. The van der Waals surface area contributed by atoms with Crippen molar-refractivity contribution >= 4 is 17.4 Å². The summed E-state index contributed by atoms with van der Waals surface area (Å²) in [4.78, 5) is 15.8. The number of carbonyl (C=O) groups is 1. The van der Waals surface area contributed by atoms with Crippen LogP contribution >= 0.6 is 0 Å². The number of amides is 2. The number of nitrogens with zero attached hydrogens (tertiary/aromatic N) is 3. The first-order chi connectivity index (χ1) is 12.7. The van der Waals surface area contributed by atoms with E-state index in [0.29, 0.717) is 17.1 Å². The number of halogens is 3. The molecule has 1 aromatic heterocycles. The van der Waals surface area contributed by atoms with Crippen molar-refractivity contribution in [3.05, 3.63) is 41.3 Å². The zero-order valence-electron chi connectivity index (χ0n) is 15.1.